The van der Waals surface area contributed by atoms with Crippen molar-refractivity contribution < 1.29 is 19.1 Å². The molecule has 6 nitrogen and oxygen atoms in total. The Balaban J connectivity index is 1.15. The summed E-state index contributed by atoms with van der Waals surface area (Å²) in [6, 6.07) is 16.3. The van der Waals surface area contributed by atoms with Crippen molar-refractivity contribution in [3.8, 4) is 0 Å². The molecule has 0 aromatic heterocycles. The zero-order valence-electron chi connectivity index (χ0n) is 20.1. The van der Waals surface area contributed by atoms with Crippen LogP contribution in [-0.4, -0.2) is 42.7 Å². The molecule has 0 heterocycles. The van der Waals surface area contributed by atoms with Gasteiger partial charge in [0.1, 0.15) is 0 Å². The van der Waals surface area contributed by atoms with Gasteiger partial charge in [-0.05, 0) is 80.5 Å². The van der Waals surface area contributed by atoms with Gasteiger partial charge in [0.05, 0.1) is 11.3 Å². The van der Waals surface area contributed by atoms with E-state index in [1.54, 1.807) is 19.2 Å². The number of thioether (sulfide) groups is 1. The second-order valence-corrected chi connectivity index (χ2v) is 11.4. The number of likely N-dealkylation sites (N-methyl/N-ethyl adjacent to an activating group) is 1. The van der Waals surface area contributed by atoms with Crippen LogP contribution < -0.4 is 10.2 Å². The molecule has 1 N–H and O–H groups in total. The molecule has 4 fully saturated rings. The van der Waals surface area contributed by atoms with Gasteiger partial charge in [0.2, 0.25) is 5.91 Å². The Bertz CT molecular complexity index is 1070. The Morgan fingerprint density at radius 2 is 1.54 bits per heavy atom. The summed E-state index contributed by atoms with van der Waals surface area (Å²) < 4.78 is 5.33. The molecule has 0 unspecified atom stereocenters. The zero-order valence-corrected chi connectivity index (χ0v) is 20.9. The maximum absolute atomic E-state index is 12.9. The van der Waals surface area contributed by atoms with Crippen LogP contribution in [0, 0.1) is 17.8 Å². The number of para-hydroxylation sites is 1. The molecule has 4 aliphatic carbocycles. The fraction of sp³-hybridized carbons (Fsp3) is 0.464. The van der Waals surface area contributed by atoms with Gasteiger partial charge >= 0.3 is 5.97 Å². The van der Waals surface area contributed by atoms with Gasteiger partial charge in [-0.1, -0.05) is 30.3 Å². The monoisotopic (exact) mass is 492 g/mol. The molecule has 35 heavy (non-hydrogen) atoms. The van der Waals surface area contributed by atoms with E-state index in [0.717, 1.165) is 42.7 Å². The van der Waals surface area contributed by atoms with Crippen molar-refractivity contribution in [3.63, 3.8) is 0 Å². The van der Waals surface area contributed by atoms with Gasteiger partial charge in [0, 0.05) is 23.2 Å². The van der Waals surface area contributed by atoms with E-state index >= 15 is 0 Å². The molecule has 184 valence electrons. The van der Waals surface area contributed by atoms with Crippen LogP contribution in [0.5, 0.6) is 0 Å². The number of esters is 1. The van der Waals surface area contributed by atoms with Crippen LogP contribution in [0.15, 0.2) is 59.5 Å². The van der Waals surface area contributed by atoms with Crippen LogP contribution in [0.4, 0.5) is 5.69 Å². The van der Waals surface area contributed by atoms with E-state index in [2.05, 4.69) is 5.32 Å². The van der Waals surface area contributed by atoms with Crippen LogP contribution in [-0.2, 0) is 14.3 Å². The lowest BCUT2D eigenvalue weighted by molar-refractivity contribution is -0.124. The molecule has 6 rings (SSSR count). The fourth-order valence-corrected chi connectivity index (χ4v) is 7.44. The quantitative estimate of drug-likeness (QED) is 0.428. The summed E-state index contributed by atoms with van der Waals surface area (Å²) in [7, 11) is 1.65. The highest BCUT2D eigenvalue weighted by Gasteiger charge is 2.51. The second-order valence-electron chi connectivity index (χ2n) is 10.4. The molecule has 4 saturated carbocycles. The Labute approximate surface area is 210 Å². The number of hydrogen-bond acceptors (Lipinski definition) is 5. The number of carbonyl (C=O) groups is 3. The molecule has 4 bridgehead atoms. The van der Waals surface area contributed by atoms with Crippen molar-refractivity contribution >= 4 is 35.2 Å². The summed E-state index contributed by atoms with van der Waals surface area (Å²) in [6.45, 7) is -0.351. The smallest absolute Gasteiger partial charge is 0.339 e. The molecule has 7 heteroatoms. The molecular weight excluding hydrogens is 460 g/mol. The van der Waals surface area contributed by atoms with Gasteiger partial charge in [-0.2, -0.15) is 0 Å². The van der Waals surface area contributed by atoms with Crippen LogP contribution in [0.3, 0.4) is 0 Å². The van der Waals surface area contributed by atoms with E-state index in [-0.39, 0.29) is 29.7 Å². The van der Waals surface area contributed by atoms with Crippen molar-refractivity contribution in [1.29, 1.82) is 0 Å². The van der Waals surface area contributed by atoms with E-state index in [4.69, 9.17) is 4.74 Å². The first-order valence-electron chi connectivity index (χ1n) is 12.4. The molecule has 0 saturated heterocycles. The SMILES string of the molecule is CN(C(=O)COC(=O)c1ccccc1SCC(=O)NC12CC3CC(CC(C3)C1)C2)c1ccccc1. The van der Waals surface area contributed by atoms with Gasteiger partial charge in [-0.25, -0.2) is 4.79 Å². The number of hydrogen-bond donors (Lipinski definition) is 1. The van der Waals surface area contributed by atoms with Crippen molar-refractivity contribution in [2.45, 2.75) is 49.0 Å². The number of carbonyl (C=O) groups excluding carboxylic acids is 3. The van der Waals surface area contributed by atoms with Crippen molar-refractivity contribution in [2.75, 3.05) is 24.3 Å². The Hall–Kier alpha value is -2.80. The maximum Gasteiger partial charge on any atom is 0.339 e. The van der Waals surface area contributed by atoms with E-state index < -0.39 is 5.97 Å². The molecule has 2 aromatic carbocycles. The topological polar surface area (TPSA) is 75.7 Å². The summed E-state index contributed by atoms with van der Waals surface area (Å²) >= 11 is 1.34. The molecule has 0 atom stereocenters. The third-order valence-corrected chi connectivity index (χ3v) is 8.83. The van der Waals surface area contributed by atoms with Crippen molar-refractivity contribution in [3.05, 3.63) is 60.2 Å². The molecule has 0 aliphatic heterocycles. The first-order valence-corrected chi connectivity index (χ1v) is 13.4. The summed E-state index contributed by atoms with van der Waals surface area (Å²) in [4.78, 5) is 40.3. The standard InChI is InChI=1S/C28H32N2O4S/c1-30(22-7-3-2-4-8-22)26(32)17-34-27(33)23-9-5-6-10-24(23)35-18-25(31)29-28-14-19-11-20(15-28)13-21(12-19)16-28/h2-10,19-21H,11-18H2,1H3,(H,29,31). The minimum Gasteiger partial charge on any atom is -0.452 e. The average molecular weight is 493 g/mol. The first-order chi connectivity index (χ1) is 16.9. The van der Waals surface area contributed by atoms with Gasteiger partial charge in [0.25, 0.3) is 5.91 Å². The van der Waals surface area contributed by atoms with E-state index in [1.165, 1.54) is 35.9 Å². The third-order valence-electron chi connectivity index (χ3n) is 7.75. The van der Waals surface area contributed by atoms with Crippen LogP contribution in [0.25, 0.3) is 0 Å². The highest BCUT2D eigenvalue weighted by molar-refractivity contribution is 8.00. The van der Waals surface area contributed by atoms with E-state index in [9.17, 15) is 14.4 Å². The summed E-state index contributed by atoms with van der Waals surface area (Å²) in [5.74, 6) is 1.71. The molecule has 2 aromatic rings. The highest BCUT2D eigenvalue weighted by atomic mass is 32.2. The Morgan fingerprint density at radius 1 is 0.943 bits per heavy atom. The van der Waals surface area contributed by atoms with Crippen LogP contribution in [0.2, 0.25) is 0 Å². The molecular formula is C28H32N2O4S. The van der Waals surface area contributed by atoms with E-state index in [0.29, 0.717) is 10.5 Å². The number of nitrogens with zero attached hydrogens (tertiary/aromatic N) is 1. The lowest BCUT2D eigenvalue weighted by atomic mass is 9.53. The van der Waals surface area contributed by atoms with Gasteiger partial charge in [-0.15, -0.1) is 11.8 Å². The molecule has 4 aliphatic rings. The average Bonchev–Trinajstić information content (AvgIpc) is 2.85. The minimum atomic E-state index is -0.565. The molecule has 0 spiro atoms. The molecule has 0 radical (unpaired) electrons. The first kappa shape index (κ1) is 23.9. The van der Waals surface area contributed by atoms with Gasteiger partial charge < -0.3 is 15.0 Å². The summed E-state index contributed by atoms with van der Waals surface area (Å²) in [5, 5.41) is 3.39. The minimum absolute atomic E-state index is 0.0179. The summed E-state index contributed by atoms with van der Waals surface area (Å²) in [6.07, 6.45) is 7.35. The highest BCUT2D eigenvalue weighted by Crippen LogP contribution is 2.55. The third kappa shape index (κ3) is 5.40. The van der Waals surface area contributed by atoms with E-state index in [1.807, 2.05) is 42.5 Å². The van der Waals surface area contributed by atoms with Crippen molar-refractivity contribution in [2.24, 2.45) is 17.8 Å². The predicted molar refractivity (Wildman–Crippen MR) is 136 cm³/mol. The normalized spacial score (nSPS) is 26.3. The number of benzene rings is 2. The number of anilines is 1. The van der Waals surface area contributed by atoms with Crippen molar-refractivity contribution in [1.82, 2.24) is 5.32 Å². The Kier molecular flexibility index (Phi) is 6.87. The predicted octanol–water partition coefficient (Wildman–Crippen LogP) is 4.68. The number of rotatable bonds is 8. The number of ether oxygens (including phenoxy) is 1. The van der Waals surface area contributed by atoms with Crippen LogP contribution in [0.1, 0.15) is 48.9 Å². The Morgan fingerprint density at radius 3 is 2.20 bits per heavy atom. The zero-order chi connectivity index (χ0) is 24.4. The largest absolute Gasteiger partial charge is 0.452 e. The summed E-state index contributed by atoms with van der Waals surface area (Å²) in [5.41, 5.74) is 1.08. The molecule has 2 amide bonds. The lowest BCUT2D eigenvalue weighted by Gasteiger charge is -2.56. The van der Waals surface area contributed by atoms with Gasteiger partial charge in [0.15, 0.2) is 6.61 Å². The number of nitrogens with one attached hydrogen (secondary N) is 1. The lowest BCUT2D eigenvalue weighted by Crippen LogP contribution is -2.60. The van der Waals surface area contributed by atoms with Crippen LogP contribution >= 0.6 is 11.8 Å². The van der Waals surface area contributed by atoms with Gasteiger partial charge in [-0.3, -0.25) is 9.59 Å². The maximum atomic E-state index is 12.9. The number of amides is 2. The fourth-order valence-electron chi connectivity index (χ4n) is 6.60. The second kappa shape index (κ2) is 10.1.